The van der Waals surface area contributed by atoms with Crippen LogP contribution < -0.4 is 4.74 Å². The summed E-state index contributed by atoms with van der Waals surface area (Å²) >= 11 is 8.36. The standard InChI is InChI=1S/C8H5BrClF4NO/c9-1-3(2-10)16-6-4(11)7(13)15-8(14)5(6)12/h3H,1-2H2/t3-/m0/s1. The Labute approximate surface area is 102 Å². The van der Waals surface area contributed by atoms with E-state index in [-0.39, 0.29) is 11.2 Å². The third kappa shape index (κ3) is 2.76. The van der Waals surface area contributed by atoms with E-state index in [4.69, 9.17) is 11.6 Å². The Kier molecular flexibility index (Phi) is 4.79. The Morgan fingerprint density at radius 1 is 1.19 bits per heavy atom. The van der Waals surface area contributed by atoms with Gasteiger partial charge in [0.1, 0.15) is 6.10 Å². The number of hydrogen-bond acceptors (Lipinski definition) is 2. The molecule has 1 rings (SSSR count). The fourth-order valence-corrected chi connectivity index (χ4v) is 1.64. The molecule has 1 aromatic heterocycles. The number of pyridine rings is 1. The van der Waals surface area contributed by atoms with Crippen LogP contribution in [0.5, 0.6) is 5.75 Å². The van der Waals surface area contributed by atoms with E-state index in [0.29, 0.717) is 0 Å². The van der Waals surface area contributed by atoms with Crippen LogP contribution >= 0.6 is 27.5 Å². The second-order valence-electron chi connectivity index (χ2n) is 2.70. The highest BCUT2D eigenvalue weighted by Gasteiger charge is 2.24. The van der Waals surface area contributed by atoms with Crippen molar-refractivity contribution in [3.63, 3.8) is 0 Å². The van der Waals surface area contributed by atoms with Gasteiger partial charge in [0.2, 0.25) is 17.4 Å². The number of alkyl halides is 2. The molecule has 0 aliphatic rings. The first-order chi connectivity index (χ1) is 7.51. The number of halogens is 6. The third-order valence-corrected chi connectivity index (χ3v) is 2.65. The van der Waals surface area contributed by atoms with E-state index in [1.54, 1.807) is 0 Å². The van der Waals surface area contributed by atoms with Crippen molar-refractivity contribution in [2.24, 2.45) is 0 Å². The molecule has 0 aromatic carbocycles. The normalized spacial score (nSPS) is 12.6. The van der Waals surface area contributed by atoms with Crippen molar-refractivity contribution in [3.05, 3.63) is 23.5 Å². The molecular formula is C8H5BrClF4NO. The van der Waals surface area contributed by atoms with Gasteiger partial charge in [-0.1, -0.05) is 15.9 Å². The SMILES string of the molecule is Fc1nc(F)c(F)c(O[C@H](CCl)CBr)c1F. The van der Waals surface area contributed by atoms with Crippen LogP contribution in [0.3, 0.4) is 0 Å². The van der Waals surface area contributed by atoms with E-state index in [1.165, 1.54) is 0 Å². The van der Waals surface area contributed by atoms with Crippen LogP contribution in [-0.2, 0) is 0 Å². The minimum atomic E-state index is -1.77. The molecule has 0 spiro atoms. The third-order valence-electron chi connectivity index (χ3n) is 1.59. The zero-order valence-corrected chi connectivity index (χ0v) is 9.96. The van der Waals surface area contributed by atoms with E-state index in [1.807, 2.05) is 0 Å². The second-order valence-corrected chi connectivity index (χ2v) is 3.66. The molecule has 0 unspecified atom stereocenters. The van der Waals surface area contributed by atoms with Crippen LogP contribution in [0.15, 0.2) is 0 Å². The van der Waals surface area contributed by atoms with Crippen molar-refractivity contribution in [1.82, 2.24) is 4.98 Å². The van der Waals surface area contributed by atoms with Gasteiger partial charge in [-0.25, -0.2) is 0 Å². The van der Waals surface area contributed by atoms with E-state index in [2.05, 4.69) is 25.7 Å². The Balaban J connectivity index is 3.11. The smallest absolute Gasteiger partial charge is 0.255 e. The van der Waals surface area contributed by atoms with Crippen LogP contribution in [0.25, 0.3) is 0 Å². The summed E-state index contributed by atoms with van der Waals surface area (Å²) < 4.78 is 56.1. The molecule has 8 heteroatoms. The lowest BCUT2D eigenvalue weighted by Crippen LogP contribution is -2.22. The molecule has 0 fully saturated rings. The Morgan fingerprint density at radius 2 is 1.69 bits per heavy atom. The van der Waals surface area contributed by atoms with Crippen molar-refractivity contribution in [3.8, 4) is 5.75 Å². The zero-order chi connectivity index (χ0) is 12.3. The summed E-state index contributed by atoms with van der Waals surface area (Å²) in [6.45, 7) is 0. The van der Waals surface area contributed by atoms with Gasteiger partial charge in [0, 0.05) is 5.33 Å². The molecular weight excluding hydrogens is 317 g/mol. The molecule has 2 nitrogen and oxygen atoms in total. The molecule has 0 N–H and O–H groups in total. The van der Waals surface area contributed by atoms with Gasteiger partial charge in [0.15, 0.2) is 0 Å². The fraction of sp³-hybridized carbons (Fsp3) is 0.375. The first kappa shape index (κ1) is 13.5. The van der Waals surface area contributed by atoms with Gasteiger partial charge in [0.05, 0.1) is 5.88 Å². The number of rotatable bonds is 4. The maximum Gasteiger partial charge on any atom is 0.255 e. The highest BCUT2D eigenvalue weighted by atomic mass is 79.9. The van der Waals surface area contributed by atoms with Crippen LogP contribution in [0, 0.1) is 23.5 Å². The van der Waals surface area contributed by atoms with Crippen molar-refractivity contribution in [2.45, 2.75) is 6.10 Å². The molecule has 0 saturated carbocycles. The number of aromatic nitrogens is 1. The molecule has 90 valence electrons. The first-order valence-corrected chi connectivity index (χ1v) is 5.65. The number of hydrogen-bond donors (Lipinski definition) is 0. The summed E-state index contributed by atoms with van der Waals surface area (Å²) in [6, 6.07) is 0. The number of nitrogens with zero attached hydrogens (tertiary/aromatic N) is 1. The molecule has 0 aliphatic heterocycles. The van der Waals surface area contributed by atoms with Gasteiger partial charge in [-0.05, 0) is 0 Å². The second kappa shape index (κ2) is 5.67. The molecule has 0 aliphatic carbocycles. The fourth-order valence-electron chi connectivity index (χ4n) is 0.842. The molecule has 16 heavy (non-hydrogen) atoms. The molecule has 0 radical (unpaired) electrons. The van der Waals surface area contributed by atoms with Crippen LogP contribution in [-0.4, -0.2) is 22.3 Å². The summed E-state index contributed by atoms with van der Waals surface area (Å²) in [5, 5.41) is 0.154. The van der Waals surface area contributed by atoms with E-state index in [9.17, 15) is 17.6 Å². The minimum absolute atomic E-state index is 0.101. The Bertz CT molecular complexity index is 363. The van der Waals surface area contributed by atoms with Gasteiger partial charge >= 0.3 is 0 Å². The lowest BCUT2D eigenvalue weighted by Gasteiger charge is -2.15. The van der Waals surface area contributed by atoms with Gasteiger partial charge in [-0.15, -0.1) is 11.6 Å². The van der Waals surface area contributed by atoms with Gasteiger partial charge in [-0.3, -0.25) is 0 Å². The maximum absolute atomic E-state index is 13.0. The number of ether oxygens (including phenoxy) is 1. The van der Waals surface area contributed by atoms with E-state index < -0.39 is 35.4 Å². The summed E-state index contributed by atoms with van der Waals surface area (Å²) in [5.74, 6) is -8.16. The first-order valence-electron chi connectivity index (χ1n) is 3.99. The van der Waals surface area contributed by atoms with Crippen molar-refractivity contribution < 1.29 is 22.3 Å². The van der Waals surface area contributed by atoms with Crippen molar-refractivity contribution in [2.75, 3.05) is 11.2 Å². The van der Waals surface area contributed by atoms with Gasteiger partial charge in [0.25, 0.3) is 11.9 Å². The van der Waals surface area contributed by atoms with Gasteiger partial charge in [-0.2, -0.15) is 22.5 Å². The molecule has 1 atom stereocenters. The van der Waals surface area contributed by atoms with Crippen LogP contribution in [0.4, 0.5) is 17.6 Å². The summed E-state index contributed by atoms with van der Waals surface area (Å²) in [7, 11) is 0. The lowest BCUT2D eigenvalue weighted by atomic mass is 10.4. The largest absolute Gasteiger partial charge is 0.482 e. The average Bonchev–Trinajstić information content (AvgIpc) is 2.27. The minimum Gasteiger partial charge on any atom is -0.482 e. The van der Waals surface area contributed by atoms with E-state index in [0.717, 1.165) is 0 Å². The van der Waals surface area contributed by atoms with Crippen molar-refractivity contribution in [1.29, 1.82) is 0 Å². The highest BCUT2D eigenvalue weighted by Crippen LogP contribution is 2.25. The molecule has 1 aromatic rings. The molecule has 0 saturated heterocycles. The van der Waals surface area contributed by atoms with Gasteiger partial charge < -0.3 is 4.74 Å². The topological polar surface area (TPSA) is 22.1 Å². The maximum atomic E-state index is 13.0. The monoisotopic (exact) mass is 321 g/mol. The lowest BCUT2D eigenvalue weighted by molar-refractivity contribution is 0.215. The Hall–Kier alpha value is -0.560. The van der Waals surface area contributed by atoms with Crippen LogP contribution in [0.1, 0.15) is 0 Å². The predicted molar refractivity (Wildman–Crippen MR) is 53.0 cm³/mol. The van der Waals surface area contributed by atoms with Crippen molar-refractivity contribution >= 4 is 27.5 Å². The van der Waals surface area contributed by atoms with E-state index >= 15 is 0 Å². The summed E-state index contributed by atoms with van der Waals surface area (Å²) in [4.78, 5) is 2.38. The Morgan fingerprint density at radius 3 is 2.06 bits per heavy atom. The predicted octanol–water partition coefficient (Wildman–Crippen LogP) is 3.02. The average molecular weight is 322 g/mol. The highest BCUT2D eigenvalue weighted by molar-refractivity contribution is 9.09. The summed E-state index contributed by atoms with van der Waals surface area (Å²) in [5.41, 5.74) is 0. The molecule has 0 bridgehead atoms. The molecule has 0 amide bonds. The molecule has 1 heterocycles. The summed E-state index contributed by atoms with van der Waals surface area (Å²) in [6.07, 6.45) is -0.813. The quantitative estimate of drug-likeness (QED) is 0.483. The zero-order valence-electron chi connectivity index (χ0n) is 7.61. The van der Waals surface area contributed by atoms with Crippen LogP contribution in [0.2, 0.25) is 0 Å².